The van der Waals surface area contributed by atoms with Gasteiger partial charge in [-0.15, -0.1) is 11.8 Å². The van der Waals surface area contributed by atoms with Crippen LogP contribution in [-0.4, -0.2) is 44.2 Å². The third kappa shape index (κ3) is 6.15. The Hall–Kier alpha value is 0.270. The summed E-state index contributed by atoms with van der Waals surface area (Å²) in [5.41, 5.74) is 0. The van der Waals surface area contributed by atoms with Crippen LogP contribution in [0.2, 0.25) is 0 Å². The highest BCUT2D eigenvalue weighted by atomic mass is 32.2. The zero-order valence-electron chi connectivity index (χ0n) is 6.48. The molecule has 0 aliphatic heterocycles. The van der Waals surface area contributed by atoms with Crippen molar-refractivity contribution in [2.24, 2.45) is 0 Å². The molecule has 0 aromatic carbocycles. The molecule has 0 fully saturated rings. The smallest absolute Gasteiger partial charge is 0.0438 e. The average molecular weight is 148 g/mol. The van der Waals surface area contributed by atoms with Crippen molar-refractivity contribution in [1.29, 1.82) is 0 Å². The molecule has 0 unspecified atom stereocenters. The molecule has 0 radical (unpaired) electrons. The minimum absolute atomic E-state index is 1.08. The second-order valence-corrected chi connectivity index (χ2v) is 2.94. The van der Waals surface area contributed by atoms with Gasteiger partial charge in [0.15, 0.2) is 0 Å². The summed E-state index contributed by atoms with van der Waals surface area (Å²) in [6.07, 6.45) is 2.12. The first-order valence-electron chi connectivity index (χ1n) is 3.13. The lowest BCUT2D eigenvalue weighted by Gasteiger charge is -2.13. The first-order chi connectivity index (χ1) is 4.31. The number of thioether (sulfide) groups is 1. The van der Waals surface area contributed by atoms with Crippen LogP contribution in [0.4, 0.5) is 0 Å². The Morgan fingerprint density at radius 1 is 1.56 bits per heavy atom. The largest absolute Gasteiger partial charge is 0.318 e. The highest BCUT2D eigenvalue weighted by Crippen LogP contribution is 1.93. The molecule has 0 amide bonds. The van der Waals surface area contributed by atoms with Crippen LogP contribution in [0.15, 0.2) is 0 Å². The van der Waals surface area contributed by atoms with E-state index in [4.69, 9.17) is 0 Å². The van der Waals surface area contributed by atoms with Crippen molar-refractivity contribution in [3.8, 4) is 0 Å². The fourth-order valence-corrected chi connectivity index (χ4v) is 1.16. The van der Waals surface area contributed by atoms with E-state index >= 15 is 0 Å². The van der Waals surface area contributed by atoms with E-state index < -0.39 is 0 Å². The zero-order valence-corrected chi connectivity index (χ0v) is 7.29. The molecule has 0 atom stereocenters. The molecule has 9 heavy (non-hydrogen) atoms. The van der Waals surface area contributed by atoms with Crippen LogP contribution >= 0.6 is 11.8 Å². The molecule has 0 spiro atoms. The Kier molecular flexibility index (Phi) is 6.58. The number of rotatable bonds is 5. The van der Waals surface area contributed by atoms with Crippen molar-refractivity contribution in [2.75, 3.05) is 39.3 Å². The summed E-state index contributed by atoms with van der Waals surface area (Å²) in [5.74, 6) is 1.13. The van der Waals surface area contributed by atoms with Crippen LogP contribution in [0, 0.1) is 0 Å². The Morgan fingerprint density at radius 3 is 2.67 bits per heavy atom. The second kappa shape index (κ2) is 6.39. The summed E-state index contributed by atoms with van der Waals surface area (Å²) in [7, 11) is 4.11. The highest BCUT2D eigenvalue weighted by molar-refractivity contribution is 7.98. The lowest BCUT2D eigenvalue weighted by atomic mass is 10.6. The van der Waals surface area contributed by atoms with Crippen LogP contribution in [0.5, 0.6) is 0 Å². The summed E-state index contributed by atoms with van der Waals surface area (Å²) in [6, 6.07) is 0. The molecule has 1 N–H and O–H groups in total. The van der Waals surface area contributed by atoms with Gasteiger partial charge in [0.1, 0.15) is 0 Å². The van der Waals surface area contributed by atoms with Gasteiger partial charge in [-0.1, -0.05) is 0 Å². The van der Waals surface area contributed by atoms with Crippen LogP contribution in [0.1, 0.15) is 0 Å². The van der Waals surface area contributed by atoms with E-state index in [-0.39, 0.29) is 0 Å². The molecular weight excluding hydrogens is 132 g/mol. The van der Waals surface area contributed by atoms with Gasteiger partial charge in [0, 0.05) is 19.0 Å². The zero-order chi connectivity index (χ0) is 7.11. The molecule has 0 aliphatic rings. The van der Waals surface area contributed by atoms with Crippen LogP contribution in [0.3, 0.4) is 0 Å². The lowest BCUT2D eigenvalue weighted by molar-refractivity contribution is 0.392. The second-order valence-electron chi connectivity index (χ2n) is 2.10. The predicted molar refractivity (Wildman–Crippen MR) is 44.9 cm³/mol. The first-order valence-corrected chi connectivity index (χ1v) is 4.52. The maximum atomic E-state index is 3.11. The van der Waals surface area contributed by atoms with Gasteiger partial charge in [0.05, 0.1) is 0 Å². The van der Waals surface area contributed by atoms with Crippen LogP contribution < -0.4 is 5.32 Å². The molecule has 0 aromatic rings. The third-order valence-electron chi connectivity index (χ3n) is 1.09. The molecule has 0 aromatic heterocycles. The summed E-state index contributed by atoms with van der Waals surface area (Å²) in [5, 5.41) is 3.11. The molecule has 3 heteroatoms. The minimum atomic E-state index is 1.08. The molecule has 0 saturated carbocycles. The van der Waals surface area contributed by atoms with Gasteiger partial charge in [0.2, 0.25) is 0 Å². The molecule has 0 rings (SSSR count). The number of hydrogen-bond acceptors (Lipinski definition) is 3. The van der Waals surface area contributed by atoms with Gasteiger partial charge in [-0.2, -0.15) is 0 Å². The highest BCUT2D eigenvalue weighted by Gasteiger charge is 1.92. The van der Waals surface area contributed by atoms with Gasteiger partial charge in [-0.05, 0) is 20.4 Å². The summed E-state index contributed by atoms with van der Waals surface area (Å²) >= 11 is 1.86. The van der Waals surface area contributed by atoms with E-state index in [0.717, 1.165) is 19.0 Å². The fraction of sp³-hybridized carbons (Fsp3) is 1.00. The minimum Gasteiger partial charge on any atom is -0.318 e. The predicted octanol–water partition coefficient (Wildman–Crippen LogP) is 0.458. The number of hydrogen-bond donors (Lipinski definition) is 1. The number of likely N-dealkylation sites (N-methyl/N-ethyl adjacent to an activating group) is 2. The number of nitrogens with one attached hydrogen (secondary N) is 1. The SMILES string of the molecule is CNCCN(C)CSC. The van der Waals surface area contributed by atoms with Crippen molar-refractivity contribution in [3.63, 3.8) is 0 Å². The van der Waals surface area contributed by atoms with Crippen LogP contribution in [0.25, 0.3) is 0 Å². The van der Waals surface area contributed by atoms with Gasteiger partial charge >= 0.3 is 0 Å². The maximum Gasteiger partial charge on any atom is 0.0438 e. The van der Waals surface area contributed by atoms with E-state index in [1.807, 2.05) is 18.8 Å². The monoisotopic (exact) mass is 148 g/mol. The van der Waals surface area contributed by atoms with E-state index in [1.165, 1.54) is 0 Å². The Labute approximate surface area is 62.0 Å². The lowest BCUT2D eigenvalue weighted by Crippen LogP contribution is -2.26. The Balaban J connectivity index is 2.95. The molecule has 2 nitrogen and oxygen atoms in total. The van der Waals surface area contributed by atoms with Crippen molar-refractivity contribution >= 4 is 11.8 Å². The van der Waals surface area contributed by atoms with E-state index in [9.17, 15) is 0 Å². The van der Waals surface area contributed by atoms with E-state index in [0.29, 0.717) is 0 Å². The quantitative estimate of drug-likeness (QED) is 0.570. The fourth-order valence-electron chi connectivity index (χ4n) is 0.588. The van der Waals surface area contributed by atoms with Crippen molar-refractivity contribution in [3.05, 3.63) is 0 Å². The van der Waals surface area contributed by atoms with Crippen LogP contribution in [-0.2, 0) is 0 Å². The average Bonchev–Trinajstić information content (AvgIpc) is 1.85. The summed E-state index contributed by atoms with van der Waals surface area (Å²) in [6.45, 7) is 2.22. The summed E-state index contributed by atoms with van der Waals surface area (Å²) < 4.78 is 0. The summed E-state index contributed by atoms with van der Waals surface area (Å²) in [4.78, 5) is 2.29. The number of nitrogens with zero attached hydrogens (tertiary/aromatic N) is 1. The van der Waals surface area contributed by atoms with E-state index in [2.05, 4.69) is 23.5 Å². The van der Waals surface area contributed by atoms with Gasteiger partial charge in [0.25, 0.3) is 0 Å². The molecule has 0 saturated heterocycles. The third-order valence-corrected chi connectivity index (χ3v) is 1.79. The Morgan fingerprint density at radius 2 is 2.22 bits per heavy atom. The first kappa shape index (κ1) is 9.27. The van der Waals surface area contributed by atoms with Crippen molar-refractivity contribution in [1.82, 2.24) is 10.2 Å². The van der Waals surface area contributed by atoms with Gasteiger partial charge in [-0.25, -0.2) is 0 Å². The molecule has 0 bridgehead atoms. The standard InChI is InChI=1S/C6H16N2S/c1-7-4-5-8(2)6-9-3/h7H,4-6H2,1-3H3. The van der Waals surface area contributed by atoms with Crippen molar-refractivity contribution < 1.29 is 0 Å². The maximum absolute atomic E-state index is 3.11. The molecule has 0 heterocycles. The molecule has 56 valence electrons. The van der Waals surface area contributed by atoms with E-state index in [1.54, 1.807) is 0 Å². The molecule has 0 aliphatic carbocycles. The van der Waals surface area contributed by atoms with Gasteiger partial charge < -0.3 is 5.32 Å². The topological polar surface area (TPSA) is 15.3 Å². The van der Waals surface area contributed by atoms with Crippen molar-refractivity contribution in [2.45, 2.75) is 0 Å². The molecular formula is C6H16N2S. The Bertz CT molecular complexity index is 59.0. The van der Waals surface area contributed by atoms with Gasteiger partial charge in [-0.3, -0.25) is 4.90 Å². The normalized spacial score (nSPS) is 10.7.